The first-order valence-corrected chi connectivity index (χ1v) is 8.52. The molecular weight excluding hydrogens is 324 g/mol. The Hall–Kier alpha value is -2.41. The normalized spacial score (nSPS) is 23.0. The van der Waals surface area contributed by atoms with Crippen molar-refractivity contribution in [2.75, 3.05) is 19.0 Å². The number of methoxy groups -OCH3 is 1. The molecule has 0 spiro atoms. The van der Waals surface area contributed by atoms with Crippen LogP contribution in [0.3, 0.4) is 0 Å². The number of amides is 2. The molecule has 1 fully saturated rings. The molecule has 1 aromatic rings. The Morgan fingerprint density at radius 3 is 2.84 bits per heavy atom. The van der Waals surface area contributed by atoms with Crippen molar-refractivity contribution in [1.82, 2.24) is 5.32 Å². The van der Waals surface area contributed by atoms with E-state index in [-0.39, 0.29) is 11.8 Å². The summed E-state index contributed by atoms with van der Waals surface area (Å²) in [5.74, 6) is -0.910. The van der Waals surface area contributed by atoms with Gasteiger partial charge >= 0.3 is 5.97 Å². The zero-order valence-electron chi connectivity index (χ0n) is 14.2. The molecule has 0 aliphatic carbocycles. The van der Waals surface area contributed by atoms with E-state index < -0.39 is 18.1 Å². The smallest absolute Gasteiger partial charge is 0.337 e. The molecule has 2 unspecified atom stereocenters. The van der Waals surface area contributed by atoms with Crippen molar-refractivity contribution in [2.45, 2.75) is 44.2 Å². The van der Waals surface area contributed by atoms with Gasteiger partial charge in [-0.15, -0.1) is 0 Å². The molecule has 134 valence electrons. The summed E-state index contributed by atoms with van der Waals surface area (Å²) in [4.78, 5) is 36.4. The Morgan fingerprint density at radius 2 is 2.12 bits per heavy atom. The fourth-order valence-electron chi connectivity index (χ4n) is 3.17. The number of aryl methyl sites for hydroxylation is 1. The fraction of sp³-hybridized carbons (Fsp3) is 0.500. The van der Waals surface area contributed by atoms with Crippen molar-refractivity contribution in [1.29, 1.82) is 0 Å². The SMILES string of the molecule is COC(=O)c1ccc2c(c1)CCC(NC(=O)C1CCCCO1)C(=O)N2. The van der Waals surface area contributed by atoms with Crippen LogP contribution in [-0.4, -0.2) is 43.6 Å². The average molecular weight is 346 g/mol. The maximum absolute atomic E-state index is 12.4. The molecule has 2 aliphatic rings. The van der Waals surface area contributed by atoms with E-state index in [1.807, 2.05) is 0 Å². The van der Waals surface area contributed by atoms with Crippen LogP contribution in [0.4, 0.5) is 5.69 Å². The number of hydrogen-bond acceptors (Lipinski definition) is 5. The predicted molar refractivity (Wildman–Crippen MR) is 90.3 cm³/mol. The van der Waals surface area contributed by atoms with Crippen molar-refractivity contribution < 1.29 is 23.9 Å². The van der Waals surface area contributed by atoms with Gasteiger partial charge in [0.05, 0.1) is 12.7 Å². The molecule has 1 saturated heterocycles. The molecular formula is C18H22N2O5. The summed E-state index contributed by atoms with van der Waals surface area (Å²) in [5.41, 5.74) is 1.94. The Bertz CT molecular complexity index is 682. The monoisotopic (exact) mass is 346 g/mol. The number of nitrogens with one attached hydrogen (secondary N) is 2. The summed E-state index contributed by atoms with van der Waals surface area (Å²) in [7, 11) is 1.33. The number of carbonyl (C=O) groups is 3. The summed E-state index contributed by atoms with van der Waals surface area (Å²) in [6, 6.07) is 4.40. The number of ether oxygens (including phenoxy) is 2. The van der Waals surface area contributed by atoms with E-state index in [4.69, 9.17) is 9.47 Å². The summed E-state index contributed by atoms with van der Waals surface area (Å²) >= 11 is 0. The van der Waals surface area contributed by atoms with Crippen LogP contribution >= 0.6 is 0 Å². The molecule has 2 aliphatic heterocycles. The molecule has 2 atom stereocenters. The van der Waals surface area contributed by atoms with Crippen LogP contribution in [-0.2, 0) is 25.5 Å². The topological polar surface area (TPSA) is 93.7 Å². The minimum atomic E-state index is -0.619. The third kappa shape index (κ3) is 3.99. The van der Waals surface area contributed by atoms with Crippen molar-refractivity contribution in [3.05, 3.63) is 29.3 Å². The lowest BCUT2D eigenvalue weighted by Gasteiger charge is -2.24. The number of esters is 1. The molecule has 0 bridgehead atoms. The zero-order chi connectivity index (χ0) is 17.8. The predicted octanol–water partition coefficient (Wildman–Crippen LogP) is 1.41. The second-order valence-corrected chi connectivity index (χ2v) is 6.31. The molecule has 25 heavy (non-hydrogen) atoms. The van der Waals surface area contributed by atoms with Gasteiger partial charge in [-0.3, -0.25) is 9.59 Å². The Kier molecular flexibility index (Phi) is 5.33. The van der Waals surface area contributed by atoms with Gasteiger partial charge < -0.3 is 20.1 Å². The van der Waals surface area contributed by atoms with Gasteiger partial charge in [-0.1, -0.05) is 0 Å². The Balaban J connectivity index is 1.68. The summed E-state index contributed by atoms with van der Waals surface area (Å²) < 4.78 is 10.2. The Labute approximate surface area is 146 Å². The summed E-state index contributed by atoms with van der Waals surface area (Å²) in [5, 5.41) is 5.61. The standard InChI is InChI=1S/C18H22N2O5/c1-24-18(23)12-6-7-13-11(10-12)5-8-14(16(21)19-13)20-17(22)15-4-2-3-9-25-15/h6-7,10,14-15H,2-5,8-9H2,1H3,(H,19,21)(H,20,22). The highest BCUT2D eigenvalue weighted by Crippen LogP contribution is 2.24. The van der Waals surface area contributed by atoms with Gasteiger partial charge in [0.1, 0.15) is 12.1 Å². The van der Waals surface area contributed by atoms with Crippen LogP contribution in [0.1, 0.15) is 41.6 Å². The molecule has 1 aromatic carbocycles. The van der Waals surface area contributed by atoms with Gasteiger partial charge in [-0.2, -0.15) is 0 Å². The number of carbonyl (C=O) groups excluding carboxylic acids is 3. The number of fused-ring (bicyclic) bond motifs is 1. The second-order valence-electron chi connectivity index (χ2n) is 6.31. The summed E-state index contributed by atoms with van der Waals surface area (Å²) in [6.07, 6.45) is 3.15. The largest absolute Gasteiger partial charge is 0.465 e. The highest BCUT2D eigenvalue weighted by Gasteiger charge is 2.29. The quantitative estimate of drug-likeness (QED) is 0.807. The second kappa shape index (κ2) is 7.65. The van der Waals surface area contributed by atoms with Crippen LogP contribution in [0.25, 0.3) is 0 Å². The minimum absolute atomic E-state index is 0.235. The lowest BCUT2D eigenvalue weighted by atomic mass is 10.0. The number of benzene rings is 1. The number of hydrogen-bond donors (Lipinski definition) is 2. The van der Waals surface area contributed by atoms with E-state index in [9.17, 15) is 14.4 Å². The van der Waals surface area contributed by atoms with Gasteiger partial charge in [0.2, 0.25) is 11.8 Å². The van der Waals surface area contributed by atoms with Crippen LogP contribution in [0.2, 0.25) is 0 Å². The zero-order valence-corrected chi connectivity index (χ0v) is 14.2. The van der Waals surface area contributed by atoms with Crippen molar-refractivity contribution in [3.8, 4) is 0 Å². The highest BCUT2D eigenvalue weighted by molar-refractivity contribution is 5.99. The Morgan fingerprint density at radius 1 is 1.28 bits per heavy atom. The van der Waals surface area contributed by atoms with Crippen molar-refractivity contribution >= 4 is 23.5 Å². The van der Waals surface area contributed by atoms with Crippen LogP contribution in [0.5, 0.6) is 0 Å². The minimum Gasteiger partial charge on any atom is -0.465 e. The fourth-order valence-corrected chi connectivity index (χ4v) is 3.17. The molecule has 7 nitrogen and oxygen atoms in total. The molecule has 0 radical (unpaired) electrons. The third-order valence-corrected chi connectivity index (χ3v) is 4.59. The highest BCUT2D eigenvalue weighted by atomic mass is 16.5. The van der Waals surface area contributed by atoms with Gasteiger partial charge in [-0.25, -0.2) is 4.79 Å². The van der Waals surface area contributed by atoms with E-state index >= 15 is 0 Å². The maximum Gasteiger partial charge on any atom is 0.337 e. The van der Waals surface area contributed by atoms with Gasteiger partial charge in [0.15, 0.2) is 0 Å². The molecule has 2 amide bonds. The first kappa shape index (κ1) is 17.4. The average Bonchev–Trinajstić information content (AvgIpc) is 2.80. The van der Waals surface area contributed by atoms with Gasteiger partial charge in [0, 0.05) is 12.3 Å². The first-order valence-electron chi connectivity index (χ1n) is 8.52. The number of anilines is 1. The molecule has 0 aromatic heterocycles. The van der Waals surface area contributed by atoms with Gasteiger partial charge in [0.25, 0.3) is 0 Å². The van der Waals surface area contributed by atoms with Crippen LogP contribution in [0, 0.1) is 0 Å². The van der Waals surface area contributed by atoms with Crippen molar-refractivity contribution in [2.24, 2.45) is 0 Å². The maximum atomic E-state index is 12.4. The van der Waals surface area contributed by atoms with E-state index in [0.29, 0.717) is 37.1 Å². The molecule has 2 heterocycles. The van der Waals surface area contributed by atoms with E-state index in [0.717, 1.165) is 18.4 Å². The number of rotatable bonds is 3. The lowest BCUT2D eigenvalue weighted by molar-refractivity contribution is -0.138. The van der Waals surface area contributed by atoms with E-state index in [1.54, 1.807) is 18.2 Å². The first-order chi connectivity index (χ1) is 12.1. The van der Waals surface area contributed by atoms with E-state index in [1.165, 1.54) is 7.11 Å². The molecule has 7 heteroatoms. The molecule has 3 rings (SSSR count). The summed E-state index contributed by atoms with van der Waals surface area (Å²) in [6.45, 7) is 0.580. The molecule has 2 N–H and O–H groups in total. The van der Waals surface area contributed by atoms with Crippen molar-refractivity contribution in [3.63, 3.8) is 0 Å². The third-order valence-electron chi connectivity index (χ3n) is 4.59. The van der Waals surface area contributed by atoms with Gasteiger partial charge in [-0.05, 0) is 55.9 Å². The van der Waals surface area contributed by atoms with E-state index in [2.05, 4.69) is 10.6 Å². The van der Waals surface area contributed by atoms with Crippen LogP contribution < -0.4 is 10.6 Å². The lowest BCUT2D eigenvalue weighted by Crippen LogP contribution is -2.48. The molecule has 0 saturated carbocycles. The van der Waals surface area contributed by atoms with Crippen LogP contribution in [0.15, 0.2) is 18.2 Å².